The maximum atomic E-state index is 13.2. The van der Waals surface area contributed by atoms with Crippen LogP contribution < -0.4 is 5.32 Å². The minimum absolute atomic E-state index is 0.0589. The van der Waals surface area contributed by atoms with Gasteiger partial charge in [-0.1, -0.05) is 60.1 Å². The van der Waals surface area contributed by atoms with E-state index in [-0.39, 0.29) is 25.0 Å². The standard InChI is InChI=1S/C24H24ClN3O2S/c1-2-13-27(24(30)26-21-11-6-10-20(25)15-21)18-23(29)28(17-22-12-7-14-31-22)16-19-8-4-3-5-9-19/h2-12,14-15H,1,13,16-18H2,(H,26,30). The summed E-state index contributed by atoms with van der Waals surface area (Å²) >= 11 is 7.60. The Kier molecular flexibility index (Phi) is 8.27. The van der Waals surface area contributed by atoms with Crippen molar-refractivity contribution in [2.24, 2.45) is 0 Å². The van der Waals surface area contributed by atoms with E-state index < -0.39 is 0 Å². The van der Waals surface area contributed by atoms with Crippen molar-refractivity contribution in [1.82, 2.24) is 9.80 Å². The molecule has 0 atom stereocenters. The Bertz CT molecular complexity index is 1010. The summed E-state index contributed by atoms with van der Waals surface area (Å²) < 4.78 is 0. The van der Waals surface area contributed by atoms with Crippen molar-refractivity contribution in [3.05, 3.63) is 100 Å². The van der Waals surface area contributed by atoms with Crippen LogP contribution in [0.15, 0.2) is 84.8 Å². The number of amides is 3. The van der Waals surface area contributed by atoms with Crippen LogP contribution in [0.2, 0.25) is 5.02 Å². The van der Waals surface area contributed by atoms with E-state index in [1.165, 1.54) is 4.90 Å². The lowest BCUT2D eigenvalue weighted by molar-refractivity contribution is -0.132. The molecule has 0 bridgehead atoms. The van der Waals surface area contributed by atoms with Gasteiger partial charge in [0.2, 0.25) is 5.91 Å². The second kappa shape index (κ2) is 11.3. The lowest BCUT2D eigenvalue weighted by atomic mass is 10.2. The van der Waals surface area contributed by atoms with Crippen molar-refractivity contribution in [3.8, 4) is 0 Å². The van der Waals surface area contributed by atoms with E-state index in [1.54, 1.807) is 46.6 Å². The summed E-state index contributed by atoms with van der Waals surface area (Å²) in [6, 6.07) is 20.3. The van der Waals surface area contributed by atoms with Crippen molar-refractivity contribution >= 4 is 40.6 Å². The van der Waals surface area contributed by atoms with Crippen molar-refractivity contribution in [2.45, 2.75) is 13.1 Å². The first-order valence-corrected chi connectivity index (χ1v) is 11.1. The molecule has 0 aliphatic heterocycles. The zero-order valence-electron chi connectivity index (χ0n) is 17.0. The Labute approximate surface area is 191 Å². The highest BCUT2D eigenvalue weighted by atomic mass is 35.5. The number of benzene rings is 2. The maximum Gasteiger partial charge on any atom is 0.322 e. The number of carbonyl (C=O) groups is 2. The number of anilines is 1. The molecule has 1 N–H and O–H groups in total. The summed E-state index contributed by atoms with van der Waals surface area (Å²) in [5.74, 6) is -0.139. The molecule has 0 saturated heterocycles. The van der Waals surface area contributed by atoms with Crippen LogP contribution in [0.3, 0.4) is 0 Å². The SMILES string of the molecule is C=CCN(CC(=O)N(Cc1ccccc1)Cc1cccs1)C(=O)Nc1cccc(Cl)c1. The van der Waals surface area contributed by atoms with Gasteiger partial charge in [-0.2, -0.15) is 0 Å². The first-order valence-electron chi connectivity index (χ1n) is 9.81. The second-order valence-corrected chi connectivity index (χ2v) is 8.39. The first-order chi connectivity index (χ1) is 15.0. The number of urea groups is 1. The van der Waals surface area contributed by atoms with E-state index in [1.807, 2.05) is 47.8 Å². The molecule has 7 heteroatoms. The molecule has 0 fully saturated rings. The van der Waals surface area contributed by atoms with Crippen LogP contribution in [0.1, 0.15) is 10.4 Å². The van der Waals surface area contributed by atoms with Gasteiger partial charge in [-0.3, -0.25) is 4.79 Å². The molecule has 0 unspecified atom stereocenters. The smallest absolute Gasteiger partial charge is 0.322 e. The Balaban J connectivity index is 1.72. The third-order valence-corrected chi connectivity index (χ3v) is 5.63. The fourth-order valence-electron chi connectivity index (χ4n) is 3.03. The number of thiophene rings is 1. The number of nitrogens with zero attached hydrogens (tertiary/aromatic N) is 2. The molecular weight excluding hydrogens is 430 g/mol. The van der Waals surface area contributed by atoms with Crippen LogP contribution in [-0.4, -0.2) is 34.8 Å². The molecule has 0 spiro atoms. The third-order valence-electron chi connectivity index (χ3n) is 4.53. The fraction of sp³-hybridized carbons (Fsp3) is 0.167. The van der Waals surface area contributed by atoms with Crippen molar-refractivity contribution < 1.29 is 9.59 Å². The lowest BCUT2D eigenvalue weighted by Crippen LogP contribution is -2.44. The van der Waals surface area contributed by atoms with Crippen LogP contribution in [-0.2, 0) is 17.9 Å². The molecular formula is C24H24ClN3O2S. The quantitative estimate of drug-likeness (QED) is 0.425. The molecule has 31 heavy (non-hydrogen) atoms. The van der Waals surface area contributed by atoms with Crippen LogP contribution in [0.5, 0.6) is 0 Å². The summed E-state index contributed by atoms with van der Waals surface area (Å²) in [7, 11) is 0. The van der Waals surface area contributed by atoms with E-state index in [9.17, 15) is 9.59 Å². The predicted octanol–water partition coefficient (Wildman–Crippen LogP) is 5.65. The molecule has 3 aromatic rings. The van der Waals surface area contributed by atoms with Gasteiger partial charge in [0.15, 0.2) is 0 Å². The molecule has 0 aliphatic rings. The molecule has 0 saturated carbocycles. The topological polar surface area (TPSA) is 52.7 Å². The number of carbonyl (C=O) groups excluding carboxylic acids is 2. The number of hydrogen-bond donors (Lipinski definition) is 1. The average Bonchev–Trinajstić information content (AvgIpc) is 3.27. The van der Waals surface area contributed by atoms with Gasteiger partial charge in [0, 0.05) is 28.7 Å². The van der Waals surface area contributed by atoms with Gasteiger partial charge in [-0.15, -0.1) is 17.9 Å². The molecule has 160 valence electrons. The predicted molar refractivity (Wildman–Crippen MR) is 127 cm³/mol. The van der Waals surface area contributed by atoms with Gasteiger partial charge in [-0.05, 0) is 35.2 Å². The van der Waals surface area contributed by atoms with E-state index in [2.05, 4.69) is 11.9 Å². The Morgan fingerprint density at radius 2 is 1.81 bits per heavy atom. The van der Waals surface area contributed by atoms with Gasteiger partial charge in [-0.25, -0.2) is 4.79 Å². The zero-order valence-corrected chi connectivity index (χ0v) is 18.6. The van der Waals surface area contributed by atoms with Gasteiger partial charge in [0.25, 0.3) is 0 Å². The Hall–Kier alpha value is -3.09. The van der Waals surface area contributed by atoms with E-state index in [0.717, 1.165) is 10.4 Å². The molecule has 3 amide bonds. The number of hydrogen-bond acceptors (Lipinski definition) is 3. The minimum atomic E-state index is -0.383. The lowest BCUT2D eigenvalue weighted by Gasteiger charge is -2.27. The summed E-state index contributed by atoms with van der Waals surface area (Å²) in [4.78, 5) is 30.3. The summed E-state index contributed by atoms with van der Waals surface area (Å²) in [5, 5.41) is 5.30. The minimum Gasteiger partial charge on any atom is -0.332 e. The molecule has 1 aromatic heterocycles. The van der Waals surface area contributed by atoms with Crippen molar-refractivity contribution in [1.29, 1.82) is 0 Å². The highest BCUT2D eigenvalue weighted by Crippen LogP contribution is 2.17. The van der Waals surface area contributed by atoms with E-state index >= 15 is 0 Å². The fourth-order valence-corrected chi connectivity index (χ4v) is 3.94. The number of halogens is 1. The summed E-state index contributed by atoms with van der Waals surface area (Å²) in [5.41, 5.74) is 1.60. The molecule has 3 rings (SSSR count). The molecule has 1 heterocycles. The monoisotopic (exact) mass is 453 g/mol. The largest absolute Gasteiger partial charge is 0.332 e. The normalized spacial score (nSPS) is 10.4. The first kappa shape index (κ1) is 22.6. The Morgan fingerprint density at radius 1 is 1.00 bits per heavy atom. The zero-order chi connectivity index (χ0) is 22.1. The van der Waals surface area contributed by atoms with Crippen LogP contribution in [0, 0.1) is 0 Å². The van der Waals surface area contributed by atoms with Crippen molar-refractivity contribution in [2.75, 3.05) is 18.4 Å². The second-order valence-electron chi connectivity index (χ2n) is 6.92. The van der Waals surface area contributed by atoms with Gasteiger partial charge in [0.05, 0.1) is 6.54 Å². The highest BCUT2D eigenvalue weighted by molar-refractivity contribution is 7.09. The Morgan fingerprint density at radius 3 is 2.48 bits per heavy atom. The van der Waals surface area contributed by atoms with Gasteiger partial charge in [0.1, 0.15) is 6.54 Å². The van der Waals surface area contributed by atoms with Crippen LogP contribution >= 0.6 is 22.9 Å². The van der Waals surface area contributed by atoms with E-state index in [4.69, 9.17) is 11.6 Å². The number of nitrogens with one attached hydrogen (secondary N) is 1. The van der Waals surface area contributed by atoms with Crippen LogP contribution in [0.25, 0.3) is 0 Å². The number of rotatable bonds is 9. The maximum absolute atomic E-state index is 13.2. The molecule has 2 aromatic carbocycles. The van der Waals surface area contributed by atoms with Crippen LogP contribution in [0.4, 0.5) is 10.5 Å². The summed E-state index contributed by atoms with van der Waals surface area (Å²) in [6.07, 6.45) is 1.60. The van der Waals surface area contributed by atoms with Gasteiger partial charge < -0.3 is 15.1 Å². The van der Waals surface area contributed by atoms with E-state index in [0.29, 0.717) is 23.8 Å². The van der Waals surface area contributed by atoms with Crippen molar-refractivity contribution in [3.63, 3.8) is 0 Å². The highest BCUT2D eigenvalue weighted by Gasteiger charge is 2.21. The third kappa shape index (κ3) is 6.98. The van der Waals surface area contributed by atoms with Gasteiger partial charge >= 0.3 is 6.03 Å². The molecule has 0 radical (unpaired) electrons. The average molecular weight is 454 g/mol. The molecule has 0 aliphatic carbocycles. The molecule has 5 nitrogen and oxygen atoms in total. The summed E-state index contributed by atoms with van der Waals surface area (Å²) in [6.45, 7) is 4.86.